The minimum absolute atomic E-state index is 0.542. The highest BCUT2D eigenvalue weighted by atomic mass is 19.4. The Morgan fingerprint density at radius 1 is 0.600 bits per heavy atom. The third-order valence-electron chi connectivity index (χ3n) is 2.30. The average molecular weight is 312 g/mol. The van der Waals surface area contributed by atoms with Gasteiger partial charge < -0.3 is 11.5 Å². The fraction of sp³-hybridized carbons (Fsp3) is 0.333. The normalized spacial score (nSPS) is 13.7. The van der Waals surface area contributed by atoms with Crippen molar-refractivity contribution in [2.45, 2.75) is 18.5 Å². The molecule has 1 aromatic rings. The highest BCUT2D eigenvalue weighted by Gasteiger charge is 2.46. The van der Waals surface area contributed by atoms with Crippen LogP contribution < -0.4 is 11.5 Å². The van der Waals surface area contributed by atoms with E-state index in [1.165, 1.54) is 0 Å². The minimum atomic E-state index is -5.56. The third-order valence-corrected chi connectivity index (χ3v) is 2.30. The van der Waals surface area contributed by atoms with E-state index in [-0.39, 0.29) is 0 Å². The first-order chi connectivity index (χ1) is 8.67. The first-order valence-corrected chi connectivity index (χ1v) is 4.61. The smallest absolute Gasteiger partial charge is 0.398 e. The lowest BCUT2D eigenvalue weighted by molar-refractivity contribution is -0.146. The van der Waals surface area contributed by atoms with E-state index in [4.69, 9.17) is 0 Å². The number of halogens is 9. The zero-order valence-corrected chi connectivity index (χ0v) is 9.13. The van der Waals surface area contributed by atoms with Gasteiger partial charge in [-0.2, -0.15) is 39.5 Å². The number of hydrogen-bond donors (Lipinski definition) is 2. The Morgan fingerprint density at radius 2 is 0.900 bits per heavy atom. The number of nitrogens with two attached hydrogens (primary N) is 2. The summed E-state index contributed by atoms with van der Waals surface area (Å²) in [5.74, 6) is 0. The van der Waals surface area contributed by atoms with Gasteiger partial charge in [0.15, 0.2) is 0 Å². The van der Waals surface area contributed by atoms with Crippen molar-refractivity contribution in [2.75, 3.05) is 11.5 Å². The molecule has 0 saturated heterocycles. The summed E-state index contributed by atoms with van der Waals surface area (Å²) < 4.78 is 112. The van der Waals surface area contributed by atoms with Gasteiger partial charge in [-0.1, -0.05) is 0 Å². The molecule has 0 amide bonds. The third kappa shape index (κ3) is 2.85. The van der Waals surface area contributed by atoms with Gasteiger partial charge >= 0.3 is 18.5 Å². The van der Waals surface area contributed by atoms with Crippen LogP contribution in [0, 0.1) is 0 Å². The van der Waals surface area contributed by atoms with Crippen LogP contribution in [0.1, 0.15) is 16.7 Å². The number of alkyl halides is 9. The lowest BCUT2D eigenvalue weighted by Crippen LogP contribution is -2.22. The van der Waals surface area contributed by atoms with Gasteiger partial charge in [-0.15, -0.1) is 0 Å². The summed E-state index contributed by atoms with van der Waals surface area (Å²) in [5.41, 5.74) is -1.26. The Balaban J connectivity index is 3.86. The molecule has 0 aromatic heterocycles. The van der Waals surface area contributed by atoms with Crippen molar-refractivity contribution in [3.8, 4) is 0 Å². The Kier molecular flexibility index (Phi) is 3.53. The first kappa shape index (κ1) is 16.2. The fourth-order valence-corrected chi connectivity index (χ4v) is 1.49. The van der Waals surface area contributed by atoms with E-state index in [0.717, 1.165) is 0 Å². The van der Waals surface area contributed by atoms with Gasteiger partial charge in [0, 0.05) is 0 Å². The number of hydrogen-bond acceptors (Lipinski definition) is 2. The zero-order chi connectivity index (χ0) is 16.1. The van der Waals surface area contributed by atoms with Gasteiger partial charge in [-0.3, -0.25) is 0 Å². The van der Waals surface area contributed by atoms with Crippen molar-refractivity contribution in [1.29, 1.82) is 0 Å². The molecule has 0 unspecified atom stereocenters. The summed E-state index contributed by atoms with van der Waals surface area (Å²) >= 11 is 0. The van der Waals surface area contributed by atoms with Gasteiger partial charge in [0.05, 0.1) is 22.5 Å². The molecule has 0 heterocycles. The molecule has 1 aromatic carbocycles. The standard InChI is InChI=1S/C9H5F9N2/c10-7(11,12)2-1-3(8(13,14)15)6(20)4(5(2)19)9(16,17)18/h1H,19-20H2. The van der Waals surface area contributed by atoms with Crippen molar-refractivity contribution >= 4 is 11.4 Å². The number of anilines is 2. The van der Waals surface area contributed by atoms with Crippen molar-refractivity contribution in [3.05, 3.63) is 22.8 Å². The summed E-state index contributed by atoms with van der Waals surface area (Å²) in [6.07, 6.45) is -16.5. The number of nitrogen functional groups attached to an aromatic ring is 2. The largest absolute Gasteiger partial charge is 0.420 e. The Labute approximate surface area is 105 Å². The van der Waals surface area contributed by atoms with Crippen molar-refractivity contribution < 1.29 is 39.5 Å². The van der Waals surface area contributed by atoms with Crippen LogP contribution in [-0.4, -0.2) is 0 Å². The highest BCUT2D eigenvalue weighted by molar-refractivity contribution is 5.71. The van der Waals surface area contributed by atoms with E-state index < -0.39 is 52.7 Å². The molecule has 0 fully saturated rings. The van der Waals surface area contributed by atoms with Crippen LogP contribution in [-0.2, 0) is 18.5 Å². The maximum atomic E-state index is 12.6. The molecular formula is C9H5F9N2. The second-order valence-corrected chi connectivity index (χ2v) is 3.67. The van der Waals surface area contributed by atoms with Gasteiger partial charge in [-0.25, -0.2) is 0 Å². The molecule has 0 atom stereocenters. The quantitative estimate of drug-likeness (QED) is 0.564. The van der Waals surface area contributed by atoms with E-state index in [1.54, 1.807) is 0 Å². The second-order valence-electron chi connectivity index (χ2n) is 3.67. The van der Waals surface area contributed by atoms with E-state index in [9.17, 15) is 39.5 Å². The van der Waals surface area contributed by atoms with Gasteiger partial charge in [-0.05, 0) is 6.07 Å². The average Bonchev–Trinajstić information content (AvgIpc) is 2.10. The molecule has 0 radical (unpaired) electrons. The van der Waals surface area contributed by atoms with Gasteiger partial charge in [0.1, 0.15) is 5.56 Å². The molecule has 114 valence electrons. The molecule has 20 heavy (non-hydrogen) atoms. The molecule has 0 saturated carbocycles. The molecule has 0 aliphatic carbocycles. The summed E-state index contributed by atoms with van der Waals surface area (Å²) in [5, 5.41) is 0. The topological polar surface area (TPSA) is 52.0 Å². The molecule has 0 aliphatic heterocycles. The van der Waals surface area contributed by atoms with E-state index in [0.29, 0.717) is 0 Å². The monoisotopic (exact) mass is 312 g/mol. The van der Waals surface area contributed by atoms with Crippen LogP contribution in [0.4, 0.5) is 50.9 Å². The lowest BCUT2D eigenvalue weighted by atomic mass is 9.98. The maximum Gasteiger partial charge on any atom is 0.420 e. The SMILES string of the molecule is Nc1c(C(F)(F)F)cc(C(F)(F)F)c(N)c1C(F)(F)F. The van der Waals surface area contributed by atoms with Gasteiger partial charge in [0.2, 0.25) is 0 Å². The van der Waals surface area contributed by atoms with Crippen LogP contribution in [0.5, 0.6) is 0 Å². The highest BCUT2D eigenvalue weighted by Crippen LogP contribution is 2.48. The molecule has 4 N–H and O–H groups in total. The molecule has 0 spiro atoms. The first-order valence-electron chi connectivity index (χ1n) is 4.61. The summed E-state index contributed by atoms with van der Waals surface area (Å²) in [6.45, 7) is 0. The maximum absolute atomic E-state index is 12.6. The van der Waals surface area contributed by atoms with Crippen LogP contribution >= 0.6 is 0 Å². The molecule has 0 bridgehead atoms. The number of benzene rings is 1. The molecule has 1 rings (SSSR count). The fourth-order valence-electron chi connectivity index (χ4n) is 1.49. The van der Waals surface area contributed by atoms with E-state index >= 15 is 0 Å². The van der Waals surface area contributed by atoms with E-state index in [2.05, 4.69) is 11.5 Å². The van der Waals surface area contributed by atoms with E-state index in [1.807, 2.05) is 0 Å². The Bertz CT molecular complexity index is 486. The van der Waals surface area contributed by atoms with Crippen molar-refractivity contribution in [3.63, 3.8) is 0 Å². The zero-order valence-electron chi connectivity index (χ0n) is 9.13. The van der Waals surface area contributed by atoms with Crippen LogP contribution in [0.25, 0.3) is 0 Å². The summed E-state index contributed by atoms with van der Waals surface area (Å²) in [6, 6.07) is -0.542. The van der Waals surface area contributed by atoms with Crippen molar-refractivity contribution in [1.82, 2.24) is 0 Å². The van der Waals surface area contributed by atoms with Crippen LogP contribution in [0.15, 0.2) is 6.07 Å². The van der Waals surface area contributed by atoms with Crippen LogP contribution in [0.3, 0.4) is 0 Å². The summed E-state index contributed by atoms with van der Waals surface area (Å²) in [7, 11) is 0. The summed E-state index contributed by atoms with van der Waals surface area (Å²) in [4.78, 5) is 0. The Morgan fingerprint density at radius 3 is 1.10 bits per heavy atom. The van der Waals surface area contributed by atoms with Gasteiger partial charge in [0.25, 0.3) is 0 Å². The molecule has 2 nitrogen and oxygen atoms in total. The predicted molar refractivity (Wildman–Crippen MR) is 50.3 cm³/mol. The van der Waals surface area contributed by atoms with Crippen LogP contribution in [0.2, 0.25) is 0 Å². The molecule has 11 heteroatoms. The second kappa shape index (κ2) is 4.35. The molecule has 0 aliphatic rings. The predicted octanol–water partition coefficient (Wildman–Crippen LogP) is 3.91. The Hall–Kier alpha value is -1.81. The lowest BCUT2D eigenvalue weighted by Gasteiger charge is -2.21. The minimum Gasteiger partial charge on any atom is -0.398 e. The molecular weight excluding hydrogens is 307 g/mol. The number of rotatable bonds is 0. The van der Waals surface area contributed by atoms with Crippen molar-refractivity contribution in [2.24, 2.45) is 0 Å².